The van der Waals surface area contributed by atoms with Crippen molar-refractivity contribution in [1.29, 1.82) is 0 Å². The zero-order valence-electron chi connectivity index (χ0n) is 27.4. The summed E-state index contributed by atoms with van der Waals surface area (Å²) in [6.45, 7) is 4.74. The third kappa shape index (κ3) is 4.35. The van der Waals surface area contributed by atoms with Gasteiger partial charge in [0.2, 0.25) is 0 Å². The van der Waals surface area contributed by atoms with Crippen molar-refractivity contribution >= 4 is 66.8 Å². The first kappa shape index (κ1) is 28.5. The average molecular weight is 647 g/mol. The van der Waals surface area contributed by atoms with Crippen molar-refractivity contribution in [1.82, 2.24) is 0 Å². The maximum absolute atomic E-state index is 3.88. The molecule has 1 unspecified atom stereocenters. The SMILES string of the molecule is CC1(C)c2cc(N(c3ccccc3)c3ccc4c(ccc5ccc6c(c54)NC(c4ccccc4)S6)c3)ccc2-c2c1ccc1ccccc21. The number of nitrogens with one attached hydrogen (secondary N) is 1. The van der Waals surface area contributed by atoms with Crippen LogP contribution in [0.25, 0.3) is 43.4 Å². The van der Waals surface area contributed by atoms with Crippen LogP contribution in [-0.2, 0) is 5.41 Å². The summed E-state index contributed by atoms with van der Waals surface area (Å²) >= 11 is 1.90. The lowest BCUT2D eigenvalue weighted by molar-refractivity contribution is 0.661. The summed E-state index contributed by atoms with van der Waals surface area (Å²) in [4.78, 5) is 3.72. The summed E-state index contributed by atoms with van der Waals surface area (Å²) in [6.07, 6.45) is 0. The van der Waals surface area contributed by atoms with Gasteiger partial charge in [0.15, 0.2) is 0 Å². The van der Waals surface area contributed by atoms with Gasteiger partial charge in [-0.2, -0.15) is 0 Å². The lowest BCUT2D eigenvalue weighted by Crippen LogP contribution is -2.16. The molecule has 8 aromatic carbocycles. The second-order valence-electron chi connectivity index (χ2n) is 13.8. The monoisotopic (exact) mass is 646 g/mol. The molecule has 1 aliphatic heterocycles. The molecule has 234 valence electrons. The van der Waals surface area contributed by atoms with Crippen LogP contribution in [0.4, 0.5) is 22.7 Å². The predicted octanol–water partition coefficient (Wildman–Crippen LogP) is 13.1. The number of hydrogen-bond acceptors (Lipinski definition) is 3. The van der Waals surface area contributed by atoms with Crippen LogP contribution in [-0.4, -0.2) is 0 Å². The summed E-state index contributed by atoms with van der Waals surface area (Å²) in [5.41, 5.74) is 11.4. The van der Waals surface area contributed by atoms with Crippen LogP contribution in [0.15, 0.2) is 163 Å². The Morgan fingerprint density at radius 3 is 2.10 bits per heavy atom. The maximum Gasteiger partial charge on any atom is 0.103 e. The van der Waals surface area contributed by atoms with Crippen LogP contribution in [0.2, 0.25) is 0 Å². The predicted molar refractivity (Wildman–Crippen MR) is 210 cm³/mol. The smallest absolute Gasteiger partial charge is 0.103 e. The summed E-state index contributed by atoms with van der Waals surface area (Å²) in [5.74, 6) is 0. The Hall–Kier alpha value is -5.51. The Balaban J connectivity index is 1.11. The van der Waals surface area contributed by atoms with Gasteiger partial charge in [-0.25, -0.2) is 0 Å². The minimum absolute atomic E-state index is 0.113. The molecule has 0 amide bonds. The van der Waals surface area contributed by atoms with E-state index >= 15 is 0 Å². The van der Waals surface area contributed by atoms with Crippen LogP contribution in [0.3, 0.4) is 0 Å². The van der Waals surface area contributed by atoms with Crippen molar-refractivity contribution in [2.45, 2.75) is 29.5 Å². The number of fused-ring (bicyclic) bond motifs is 10. The van der Waals surface area contributed by atoms with Crippen LogP contribution < -0.4 is 10.2 Å². The van der Waals surface area contributed by atoms with Gasteiger partial charge in [0.05, 0.1) is 5.69 Å². The average Bonchev–Trinajstić information content (AvgIpc) is 3.69. The Morgan fingerprint density at radius 2 is 1.24 bits per heavy atom. The minimum atomic E-state index is -0.113. The van der Waals surface area contributed by atoms with Crippen molar-refractivity contribution in [3.05, 3.63) is 174 Å². The number of nitrogens with zero attached hydrogens (tertiary/aromatic N) is 1. The van der Waals surface area contributed by atoms with Crippen molar-refractivity contribution in [3.63, 3.8) is 0 Å². The Labute approximate surface area is 291 Å². The molecule has 1 aliphatic carbocycles. The highest BCUT2D eigenvalue weighted by molar-refractivity contribution is 8.00. The first-order chi connectivity index (χ1) is 24.0. The topological polar surface area (TPSA) is 15.3 Å². The van der Waals surface area contributed by atoms with Crippen molar-refractivity contribution in [2.75, 3.05) is 10.2 Å². The fourth-order valence-electron chi connectivity index (χ4n) is 8.23. The summed E-state index contributed by atoms with van der Waals surface area (Å²) in [7, 11) is 0. The van der Waals surface area contributed by atoms with Crippen molar-refractivity contribution in [3.8, 4) is 11.1 Å². The quantitative estimate of drug-likeness (QED) is 0.192. The molecule has 0 fully saturated rings. The van der Waals surface area contributed by atoms with Gasteiger partial charge in [-0.05, 0) is 97.2 Å². The van der Waals surface area contributed by atoms with Crippen molar-refractivity contribution in [2.24, 2.45) is 0 Å². The highest BCUT2D eigenvalue weighted by Crippen LogP contribution is 2.54. The van der Waals surface area contributed by atoms with E-state index in [1.165, 1.54) is 76.4 Å². The third-order valence-corrected chi connectivity index (χ3v) is 11.9. The van der Waals surface area contributed by atoms with Gasteiger partial charge >= 0.3 is 0 Å². The zero-order valence-corrected chi connectivity index (χ0v) is 28.3. The largest absolute Gasteiger partial charge is 0.368 e. The molecule has 1 heterocycles. The normalized spacial score (nSPS) is 15.6. The van der Waals surface area contributed by atoms with Gasteiger partial charge in [0, 0.05) is 32.8 Å². The molecule has 2 nitrogen and oxygen atoms in total. The van der Waals surface area contributed by atoms with E-state index in [1.807, 2.05) is 11.8 Å². The van der Waals surface area contributed by atoms with E-state index in [-0.39, 0.29) is 10.8 Å². The molecule has 1 atom stereocenters. The molecular formula is C46H34N2S. The van der Waals surface area contributed by atoms with E-state index in [2.05, 4.69) is 182 Å². The molecule has 0 spiro atoms. The molecule has 49 heavy (non-hydrogen) atoms. The van der Waals surface area contributed by atoms with Gasteiger partial charge < -0.3 is 10.2 Å². The highest BCUT2D eigenvalue weighted by Gasteiger charge is 2.37. The van der Waals surface area contributed by atoms with Gasteiger partial charge in [-0.1, -0.05) is 141 Å². The fraction of sp³-hybridized carbons (Fsp3) is 0.0870. The number of rotatable bonds is 4. The standard InChI is InChI=1S/C46H34N2S/c1-46(2)39-25-19-29-11-9-10-16-36(29)43(39)38-24-22-35(28-40(38)46)48(33-14-7-4-8-15-33)34-21-23-37-32(27-34)18-17-30-20-26-41-44(42(30)37)47-45(49-41)31-12-5-3-6-13-31/h3-28,45,47H,1-2H3. The van der Waals surface area contributed by atoms with E-state index in [0.717, 1.165) is 11.4 Å². The first-order valence-corrected chi connectivity index (χ1v) is 17.9. The van der Waals surface area contributed by atoms with E-state index < -0.39 is 0 Å². The van der Waals surface area contributed by atoms with Crippen LogP contribution >= 0.6 is 11.8 Å². The number of thioether (sulfide) groups is 1. The Bertz CT molecular complexity index is 2590. The maximum atomic E-state index is 3.88. The molecule has 0 saturated carbocycles. The van der Waals surface area contributed by atoms with E-state index in [4.69, 9.17) is 0 Å². The number of para-hydroxylation sites is 1. The summed E-state index contributed by atoms with van der Waals surface area (Å²) in [6, 6.07) is 58.1. The first-order valence-electron chi connectivity index (χ1n) is 17.0. The van der Waals surface area contributed by atoms with E-state index in [0.29, 0.717) is 0 Å². The van der Waals surface area contributed by atoms with Gasteiger partial charge in [-0.15, -0.1) is 0 Å². The van der Waals surface area contributed by atoms with Crippen molar-refractivity contribution < 1.29 is 0 Å². The third-order valence-electron chi connectivity index (χ3n) is 10.6. The summed E-state index contributed by atoms with van der Waals surface area (Å²) in [5, 5.41) is 11.8. The van der Waals surface area contributed by atoms with Crippen LogP contribution in [0.1, 0.15) is 35.9 Å². The second-order valence-corrected chi connectivity index (χ2v) is 14.9. The van der Waals surface area contributed by atoms with Crippen LogP contribution in [0, 0.1) is 0 Å². The van der Waals surface area contributed by atoms with Gasteiger partial charge in [0.1, 0.15) is 5.37 Å². The molecule has 10 rings (SSSR count). The number of hydrogen-bond donors (Lipinski definition) is 1. The Morgan fingerprint density at radius 1 is 0.551 bits per heavy atom. The number of anilines is 4. The van der Waals surface area contributed by atoms with Gasteiger partial charge in [-0.3, -0.25) is 0 Å². The Kier molecular flexibility index (Phi) is 6.25. The molecule has 0 radical (unpaired) electrons. The molecule has 1 N–H and O–H groups in total. The molecule has 8 aromatic rings. The lowest BCUT2D eigenvalue weighted by atomic mass is 9.82. The molecule has 0 bridgehead atoms. The van der Waals surface area contributed by atoms with E-state index in [1.54, 1.807) is 0 Å². The van der Waals surface area contributed by atoms with Gasteiger partial charge in [0.25, 0.3) is 0 Å². The minimum Gasteiger partial charge on any atom is -0.368 e. The number of benzene rings is 8. The second kappa shape index (κ2) is 10.7. The van der Waals surface area contributed by atoms with E-state index in [9.17, 15) is 0 Å². The molecule has 2 aliphatic rings. The molecule has 0 saturated heterocycles. The lowest BCUT2D eigenvalue weighted by Gasteiger charge is -2.28. The highest BCUT2D eigenvalue weighted by atomic mass is 32.2. The summed E-state index contributed by atoms with van der Waals surface area (Å²) < 4.78 is 0. The van der Waals surface area contributed by atoms with Crippen LogP contribution in [0.5, 0.6) is 0 Å². The molecular weight excluding hydrogens is 613 g/mol. The molecule has 3 heteroatoms. The fourth-order valence-corrected chi connectivity index (χ4v) is 9.38. The molecule has 0 aromatic heterocycles. The zero-order chi connectivity index (χ0) is 32.7.